The smallest absolute Gasteiger partial charge is 0.246 e. The average molecular weight is 290 g/mol. The van der Waals surface area contributed by atoms with E-state index in [1.54, 1.807) is 0 Å². The zero-order valence-electron chi connectivity index (χ0n) is 12.5. The van der Waals surface area contributed by atoms with E-state index in [1.165, 1.54) is 25.7 Å². The van der Waals surface area contributed by atoms with Crippen LogP contribution in [0.4, 0.5) is 11.4 Å². The van der Waals surface area contributed by atoms with Crippen molar-refractivity contribution in [1.29, 1.82) is 0 Å². The fraction of sp³-hybridized carbons (Fsp3) is 0.562. The van der Waals surface area contributed by atoms with Crippen LogP contribution in [0.3, 0.4) is 0 Å². The van der Waals surface area contributed by atoms with Gasteiger partial charge < -0.3 is 19.7 Å². The normalized spacial score (nSPS) is 15.9. The molecule has 0 bridgehead atoms. The van der Waals surface area contributed by atoms with Crippen LogP contribution in [0.2, 0.25) is 0 Å². The second kappa shape index (κ2) is 6.24. The van der Waals surface area contributed by atoms with Gasteiger partial charge in [0.25, 0.3) is 0 Å². The Bertz CT molecular complexity index is 530. The third-order valence-electron chi connectivity index (χ3n) is 4.00. The standard InChI is InChI=1S/C16H22N2O3/c1-2-3-4-5-6-7-18-13-9-15-14(20-11-21-15)8-12(13)17-10-16(18)19/h8-9,17H,2-7,10-11H2,1H3. The van der Waals surface area contributed by atoms with Crippen LogP contribution in [-0.2, 0) is 4.79 Å². The molecule has 1 aromatic rings. The maximum absolute atomic E-state index is 12.2. The van der Waals surface area contributed by atoms with Gasteiger partial charge in [0.05, 0.1) is 17.9 Å². The predicted molar refractivity (Wildman–Crippen MR) is 82.2 cm³/mol. The van der Waals surface area contributed by atoms with Gasteiger partial charge in [0.1, 0.15) is 0 Å². The van der Waals surface area contributed by atoms with E-state index < -0.39 is 0 Å². The minimum Gasteiger partial charge on any atom is -0.454 e. The highest BCUT2D eigenvalue weighted by Gasteiger charge is 2.27. The van der Waals surface area contributed by atoms with Crippen LogP contribution in [0.5, 0.6) is 11.5 Å². The Morgan fingerprint density at radius 1 is 1.14 bits per heavy atom. The molecule has 5 nitrogen and oxygen atoms in total. The highest BCUT2D eigenvalue weighted by atomic mass is 16.7. The molecule has 0 atom stereocenters. The van der Waals surface area contributed by atoms with Crippen LogP contribution in [0.25, 0.3) is 0 Å². The van der Waals surface area contributed by atoms with Crippen molar-refractivity contribution in [2.24, 2.45) is 0 Å². The van der Waals surface area contributed by atoms with Crippen LogP contribution in [0.1, 0.15) is 39.0 Å². The molecule has 0 aliphatic carbocycles. The maximum Gasteiger partial charge on any atom is 0.246 e. The van der Waals surface area contributed by atoms with Crippen molar-refractivity contribution in [3.63, 3.8) is 0 Å². The quantitative estimate of drug-likeness (QED) is 0.818. The number of nitrogens with one attached hydrogen (secondary N) is 1. The van der Waals surface area contributed by atoms with Gasteiger partial charge in [-0.05, 0) is 6.42 Å². The van der Waals surface area contributed by atoms with Gasteiger partial charge >= 0.3 is 0 Å². The first-order chi connectivity index (χ1) is 10.3. The maximum atomic E-state index is 12.2. The molecule has 0 saturated carbocycles. The van der Waals surface area contributed by atoms with E-state index in [0.29, 0.717) is 6.54 Å². The number of hydrogen-bond donors (Lipinski definition) is 1. The Hall–Kier alpha value is -1.91. The Balaban J connectivity index is 1.71. The summed E-state index contributed by atoms with van der Waals surface area (Å²) in [6.07, 6.45) is 5.96. The summed E-state index contributed by atoms with van der Waals surface area (Å²) in [7, 11) is 0. The number of benzene rings is 1. The van der Waals surface area contributed by atoms with Gasteiger partial charge in [-0.2, -0.15) is 0 Å². The molecule has 0 radical (unpaired) electrons. The summed E-state index contributed by atoms with van der Waals surface area (Å²) in [5.74, 6) is 1.59. The summed E-state index contributed by atoms with van der Waals surface area (Å²) in [6.45, 7) is 3.58. The topological polar surface area (TPSA) is 50.8 Å². The lowest BCUT2D eigenvalue weighted by molar-refractivity contribution is -0.117. The molecule has 2 heterocycles. The van der Waals surface area contributed by atoms with E-state index in [0.717, 1.165) is 35.8 Å². The number of anilines is 2. The fourth-order valence-electron chi connectivity index (χ4n) is 2.82. The molecule has 1 aromatic carbocycles. The second-order valence-corrected chi connectivity index (χ2v) is 5.54. The molecule has 2 aliphatic rings. The van der Waals surface area contributed by atoms with Crippen molar-refractivity contribution >= 4 is 17.3 Å². The summed E-state index contributed by atoms with van der Waals surface area (Å²) >= 11 is 0. The lowest BCUT2D eigenvalue weighted by Crippen LogP contribution is -2.40. The molecule has 0 saturated heterocycles. The van der Waals surface area contributed by atoms with E-state index in [4.69, 9.17) is 9.47 Å². The number of nitrogens with zero attached hydrogens (tertiary/aromatic N) is 1. The number of fused-ring (bicyclic) bond motifs is 2. The van der Waals surface area contributed by atoms with E-state index in [1.807, 2.05) is 17.0 Å². The molecule has 3 rings (SSSR count). The molecule has 0 spiro atoms. The zero-order valence-corrected chi connectivity index (χ0v) is 12.5. The van der Waals surface area contributed by atoms with Crippen molar-refractivity contribution in [3.8, 4) is 11.5 Å². The highest BCUT2D eigenvalue weighted by Crippen LogP contribution is 2.42. The van der Waals surface area contributed by atoms with E-state index in [-0.39, 0.29) is 12.7 Å². The van der Waals surface area contributed by atoms with Crippen LogP contribution in [-0.4, -0.2) is 25.8 Å². The van der Waals surface area contributed by atoms with Gasteiger partial charge in [-0.15, -0.1) is 0 Å². The molecule has 0 aromatic heterocycles. The molecule has 114 valence electrons. The Kier molecular flexibility index (Phi) is 4.18. The van der Waals surface area contributed by atoms with E-state index in [9.17, 15) is 4.79 Å². The summed E-state index contributed by atoms with van der Waals surface area (Å²) in [5, 5.41) is 3.16. The summed E-state index contributed by atoms with van der Waals surface area (Å²) < 4.78 is 10.8. The number of amides is 1. The van der Waals surface area contributed by atoms with Crippen molar-refractivity contribution in [1.82, 2.24) is 0 Å². The summed E-state index contributed by atoms with van der Waals surface area (Å²) in [4.78, 5) is 14.0. The molecule has 1 N–H and O–H groups in total. The van der Waals surface area contributed by atoms with Gasteiger partial charge in [0.15, 0.2) is 11.5 Å². The number of rotatable bonds is 6. The number of carbonyl (C=O) groups is 1. The van der Waals surface area contributed by atoms with Crippen LogP contribution < -0.4 is 19.7 Å². The molecule has 1 amide bonds. The number of hydrogen-bond acceptors (Lipinski definition) is 4. The van der Waals surface area contributed by atoms with Crippen molar-refractivity contribution < 1.29 is 14.3 Å². The van der Waals surface area contributed by atoms with Gasteiger partial charge in [-0.3, -0.25) is 4.79 Å². The number of carbonyl (C=O) groups excluding carboxylic acids is 1. The van der Waals surface area contributed by atoms with Gasteiger partial charge in [0.2, 0.25) is 12.7 Å². The highest BCUT2D eigenvalue weighted by molar-refractivity contribution is 6.03. The Labute approximate surface area is 125 Å². The Morgan fingerprint density at radius 3 is 2.71 bits per heavy atom. The Morgan fingerprint density at radius 2 is 1.90 bits per heavy atom. The fourth-order valence-corrected chi connectivity index (χ4v) is 2.82. The SMILES string of the molecule is CCCCCCCN1C(=O)CNc2cc3c(cc21)OCO3. The largest absolute Gasteiger partial charge is 0.454 e. The zero-order chi connectivity index (χ0) is 14.7. The van der Waals surface area contributed by atoms with Crippen LogP contribution in [0, 0.1) is 0 Å². The number of unbranched alkanes of at least 4 members (excludes halogenated alkanes) is 4. The van der Waals surface area contributed by atoms with Crippen LogP contribution in [0.15, 0.2) is 12.1 Å². The average Bonchev–Trinajstić information content (AvgIpc) is 2.94. The first-order valence-electron chi connectivity index (χ1n) is 7.77. The molecular weight excluding hydrogens is 268 g/mol. The minimum atomic E-state index is 0.122. The summed E-state index contributed by atoms with van der Waals surface area (Å²) in [6, 6.07) is 3.84. The van der Waals surface area contributed by atoms with E-state index in [2.05, 4.69) is 12.2 Å². The molecule has 5 heteroatoms. The predicted octanol–water partition coefficient (Wildman–Crippen LogP) is 3.14. The first kappa shape index (κ1) is 14.0. The molecule has 21 heavy (non-hydrogen) atoms. The van der Waals surface area contributed by atoms with E-state index >= 15 is 0 Å². The minimum absolute atomic E-state index is 0.122. The first-order valence-corrected chi connectivity index (χ1v) is 7.77. The molecular formula is C16H22N2O3. The third-order valence-corrected chi connectivity index (χ3v) is 4.00. The van der Waals surface area contributed by atoms with Crippen molar-refractivity contribution in [2.45, 2.75) is 39.0 Å². The number of ether oxygens (including phenoxy) is 2. The van der Waals surface area contributed by atoms with Crippen LogP contribution >= 0.6 is 0 Å². The molecule has 2 aliphatic heterocycles. The second-order valence-electron chi connectivity index (χ2n) is 5.54. The van der Waals surface area contributed by atoms with Gasteiger partial charge in [-0.25, -0.2) is 0 Å². The van der Waals surface area contributed by atoms with Crippen molar-refractivity contribution in [2.75, 3.05) is 30.1 Å². The monoisotopic (exact) mass is 290 g/mol. The third kappa shape index (κ3) is 2.91. The lowest BCUT2D eigenvalue weighted by atomic mass is 10.1. The molecule has 0 fully saturated rings. The molecule has 0 unspecified atom stereocenters. The summed E-state index contributed by atoms with van der Waals surface area (Å²) in [5.41, 5.74) is 1.86. The lowest BCUT2D eigenvalue weighted by Gasteiger charge is -2.30. The van der Waals surface area contributed by atoms with Crippen molar-refractivity contribution in [3.05, 3.63) is 12.1 Å². The van der Waals surface area contributed by atoms with Gasteiger partial charge in [-0.1, -0.05) is 32.6 Å². The van der Waals surface area contributed by atoms with Gasteiger partial charge in [0, 0.05) is 18.7 Å².